The number of carboxylic acids is 1. The first-order chi connectivity index (χ1) is 9.49. The Morgan fingerprint density at radius 1 is 1.40 bits per heavy atom. The van der Waals surface area contributed by atoms with E-state index in [1.807, 2.05) is 6.92 Å². The fourth-order valence-electron chi connectivity index (χ4n) is 2.49. The van der Waals surface area contributed by atoms with Gasteiger partial charge in [-0.15, -0.1) is 0 Å². The maximum atomic E-state index is 12.2. The normalized spacial score (nSPS) is 19.5. The minimum Gasteiger partial charge on any atom is -0.481 e. The van der Waals surface area contributed by atoms with Crippen molar-refractivity contribution in [2.45, 2.75) is 51.1 Å². The van der Waals surface area contributed by atoms with E-state index in [1.165, 1.54) is 4.90 Å². The van der Waals surface area contributed by atoms with Crippen molar-refractivity contribution in [3.05, 3.63) is 0 Å². The zero-order valence-electron chi connectivity index (χ0n) is 12.0. The summed E-state index contributed by atoms with van der Waals surface area (Å²) < 4.78 is 0. The summed E-state index contributed by atoms with van der Waals surface area (Å²) in [6.45, 7) is 2.46. The fourth-order valence-corrected chi connectivity index (χ4v) is 2.49. The van der Waals surface area contributed by atoms with Gasteiger partial charge in [0.15, 0.2) is 0 Å². The first kappa shape index (κ1) is 16.3. The second-order valence-corrected chi connectivity index (χ2v) is 5.00. The molecule has 0 spiro atoms. The lowest BCUT2D eigenvalue weighted by atomic mass is 10.1. The first-order valence-corrected chi connectivity index (χ1v) is 7.00. The number of rotatable bonds is 6. The number of nitrogens with one attached hydrogen (secondary N) is 2. The number of hydrogen-bond donors (Lipinski definition) is 3. The lowest BCUT2D eigenvalue weighted by Crippen LogP contribution is -2.51. The van der Waals surface area contributed by atoms with Crippen molar-refractivity contribution in [1.82, 2.24) is 15.5 Å². The van der Waals surface area contributed by atoms with Gasteiger partial charge in [0.05, 0.1) is 6.42 Å². The number of carbonyl (C=O) groups excluding carboxylic acids is 2. The van der Waals surface area contributed by atoms with Crippen molar-refractivity contribution in [3.8, 4) is 0 Å². The summed E-state index contributed by atoms with van der Waals surface area (Å²) in [5.41, 5.74) is 0. The van der Waals surface area contributed by atoms with Crippen LogP contribution in [0, 0.1) is 0 Å². The van der Waals surface area contributed by atoms with Crippen LogP contribution in [0.2, 0.25) is 0 Å². The van der Waals surface area contributed by atoms with Gasteiger partial charge in [-0.05, 0) is 19.3 Å². The van der Waals surface area contributed by atoms with Crippen LogP contribution in [0.25, 0.3) is 0 Å². The molecule has 7 nitrogen and oxygen atoms in total. The van der Waals surface area contributed by atoms with Crippen LogP contribution in [0.3, 0.4) is 0 Å². The standard InChI is InChI=1S/C13H23N3O4/c1-3-5-9(8-11(17)18)15-13(20)16-7-4-6-10(16)12(19)14-2/h9-10H,3-8H2,1-2H3,(H,14,19)(H,15,20)(H,17,18). The van der Waals surface area contributed by atoms with E-state index < -0.39 is 18.1 Å². The quantitative estimate of drug-likeness (QED) is 0.663. The van der Waals surface area contributed by atoms with Crippen LogP contribution in [-0.2, 0) is 9.59 Å². The Balaban J connectivity index is 2.62. The molecular formula is C13H23N3O4. The SMILES string of the molecule is CCCC(CC(=O)O)NC(=O)N1CCCC1C(=O)NC. The van der Waals surface area contributed by atoms with E-state index in [4.69, 9.17) is 5.11 Å². The maximum Gasteiger partial charge on any atom is 0.318 e. The van der Waals surface area contributed by atoms with Crippen molar-refractivity contribution < 1.29 is 19.5 Å². The molecule has 7 heteroatoms. The minimum absolute atomic E-state index is 0.0991. The number of hydrogen-bond acceptors (Lipinski definition) is 3. The topological polar surface area (TPSA) is 98.7 Å². The van der Waals surface area contributed by atoms with E-state index in [2.05, 4.69) is 10.6 Å². The highest BCUT2D eigenvalue weighted by Gasteiger charge is 2.34. The average Bonchev–Trinajstić information content (AvgIpc) is 2.86. The number of amides is 3. The van der Waals surface area contributed by atoms with Crippen LogP contribution in [0.15, 0.2) is 0 Å². The summed E-state index contributed by atoms with van der Waals surface area (Å²) in [5.74, 6) is -1.11. The van der Waals surface area contributed by atoms with Gasteiger partial charge in [0.1, 0.15) is 6.04 Å². The van der Waals surface area contributed by atoms with Gasteiger partial charge in [-0.2, -0.15) is 0 Å². The van der Waals surface area contributed by atoms with Crippen LogP contribution in [0.1, 0.15) is 39.0 Å². The van der Waals surface area contributed by atoms with Crippen molar-refractivity contribution in [2.24, 2.45) is 0 Å². The van der Waals surface area contributed by atoms with Crippen LogP contribution < -0.4 is 10.6 Å². The van der Waals surface area contributed by atoms with E-state index in [0.29, 0.717) is 19.4 Å². The number of carboxylic acid groups (broad SMARTS) is 1. The van der Waals surface area contributed by atoms with Gasteiger partial charge in [-0.3, -0.25) is 9.59 Å². The molecule has 114 valence electrons. The van der Waals surface area contributed by atoms with Crippen molar-refractivity contribution >= 4 is 17.9 Å². The number of likely N-dealkylation sites (tertiary alicyclic amines) is 1. The zero-order valence-corrected chi connectivity index (χ0v) is 12.0. The highest BCUT2D eigenvalue weighted by molar-refractivity contribution is 5.87. The predicted molar refractivity (Wildman–Crippen MR) is 73.3 cm³/mol. The first-order valence-electron chi connectivity index (χ1n) is 7.00. The number of nitrogens with zero attached hydrogens (tertiary/aromatic N) is 1. The Hall–Kier alpha value is -1.79. The molecule has 0 aliphatic carbocycles. The average molecular weight is 285 g/mol. The highest BCUT2D eigenvalue weighted by Crippen LogP contribution is 2.18. The third kappa shape index (κ3) is 4.40. The molecule has 3 amide bonds. The summed E-state index contributed by atoms with van der Waals surface area (Å²) in [4.78, 5) is 36.1. The molecule has 1 aliphatic rings. The fraction of sp³-hybridized carbons (Fsp3) is 0.769. The Bertz CT molecular complexity index is 373. The van der Waals surface area contributed by atoms with Crippen LogP contribution in [0.5, 0.6) is 0 Å². The van der Waals surface area contributed by atoms with Gasteiger partial charge >= 0.3 is 12.0 Å². The van der Waals surface area contributed by atoms with Gasteiger partial charge in [0.2, 0.25) is 5.91 Å². The molecular weight excluding hydrogens is 262 g/mol. The molecule has 0 bridgehead atoms. The summed E-state index contributed by atoms with van der Waals surface area (Å²) in [5, 5.41) is 14.1. The Kier molecular flexibility index (Phi) is 6.27. The largest absolute Gasteiger partial charge is 0.481 e. The number of urea groups is 1. The van der Waals surface area contributed by atoms with E-state index >= 15 is 0 Å². The molecule has 0 aromatic carbocycles. The Labute approximate surface area is 118 Å². The zero-order chi connectivity index (χ0) is 15.1. The smallest absolute Gasteiger partial charge is 0.318 e. The van der Waals surface area contributed by atoms with Crippen LogP contribution in [0.4, 0.5) is 4.79 Å². The molecule has 1 heterocycles. The molecule has 2 atom stereocenters. The van der Waals surface area contributed by atoms with Gasteiger partial charge < -0.3 is 20.6 Å². The van der Waals surface area contributed by atoms with Gasteiger partial charge in [-0.1, -0.05) is 13.3 Å². The van der Waals surface area contributed by atoms with E-state index in [-0.39, 0.29) is 18.4 Å². The minimum atomic E-state index is -0.937. The van der Waals surface area contributed by atoms with Gasteiger partial charge in [0, 0.05) is 19.6 Å². The molecule has 1 fully saturated rings. The van der Waals surface area contributed by atoms with E-state index in [1.54, 1.807) is 7.05 Å². The third-order valence-corrected chi connectivity index (χ3v) is 3.45. The van der Waals surface area contributed by atoms with Gasteiger partial charge in [-0.25, -0.2) is 4.79 Å². The monoisotopic (exact) mass is 285 g/mol. The maximum absolute atomic E-state index is 12.2. The molecule has 0 aromatic rings. The number of aliphatic carboxylic acids is 1. The van der Waals surface area contributed by atoms with Crippen molar-refractivity contribution in [2.75, 3.05) is 13.6 Å². The lowest BCUT2D eigenvalue weighted by molar-refractivity contribution is -0.137. The Morgan fingerprint density at radius 2 is 2.10 bits per heavy atom. The summed E-state index contributed by atoms with van der Waals surface area (Å²) in [6.07, 6.45) is 2.72. The summed E-state index contributed by atoms with van der Waals surface area (Å²) >= 11 is 0. The molecule has 0 radical (unpaired) electrons. The van der Waals surface area contributed by atoms with Gasteiger partial charge in [0.25, 0.3) is 0 Å². The second-order valence-electron chi connectivity index (χ2n) is 5.00. The highest BCUT2D eigenvalue weighted by atomic mass is 16.4. The molecule has 0 aromatic heterocycles. The van der Waals surface area contributed by atoms with Crippen molar-refractivity contribution in [3.63, 3.8) is 0 Å². The second kappa shape index (κ2) is 7.72. The molecule has 1 rings (SSSR count). The van der Waals surface area contributed by atoms with Crippen LogP contribution in [-0.4, -0.2) is 53.6 Å². The predicted octanol–water partition coefficient (Wildman–Crippen LogP) is 0.550. The molecule has 3 N–H and O–H groups in total. The van der Waals surface area contributed by atoms with Crippen LogP contribution >= 0.6 is 0 Å². The van der Waals surface area contributed by atoms with E-state index in [9.17, 15) is 14.4 Å². The number of carbonyl (C=O) groups is 3. The molecule has 2 unspecified atom stereocenters. The molecule has 1 aliphatic heterocycles. The third-order valence-electron chi connectivity index (χ3n) is 3.45. The number of likely N-dealkylation sites (N-methyl/N-ethyl adjacent to an activating group) is 1. The summed E-state index contributed by atoms with van der Waals surface area (Å²) in [7, 11) is 1.54. The summed E-state index contributed by atoms with van der Waals surface area (Å²) in [6, 6.07) is -1.20. The molecule has 1 saturated heterocycles. The van der Waals surface area contributed by atoms with E-state index in [0.717, 1.165) is 12.8 Å². The lowest BCUT2D eigenvalue weighted by Gasteiger charge is -2.26. The molecule has 20 heavy (non-hydrogen) atoms. The van der Waals surface area contributed by atoms with Crippen molar-refractivity contribution in [1.29, 1.82) is 0 Å². The molecule has 0 saturated carbocycles. The Morgan fingerprint density at radius 3 is 2.65 bits per heavy atom.